The number of hydrogen-bond acceptors (Lipinski definition) is 7. The number of rotatable bonds is 5. The molecule has 0 unspecified atom stereocenters. The summed E-state index contributed by atoms with van der Waals surface area (Å²) in [7, 11) is 0. The Morgan fingerprint density at radius 2 is 1.86 bits per heavy atom. The number of carbonyl (C=O) groups is 1. The summed E-state index contributed by atoms with van der Waals surface area (Å²) in [6.45, 7) is 6.44. The summed E-state index contributed by atoms with van der Waals surface area (Å²) in [5.41, 5.74) is 8.93. The number of aromatic nitrogens is 3. The molecule has 2 aliphatic heterocycles. The number of halogens is 2. The second kappa shape index (κ2) is 11.1. The van der Waals surface area contributed by atoms with E-state index in [4.69, 9.17) is 22.1 Å². The number of ether oxygens (including phenoxy) is 1. The molecule has 1 amide bonds. The molecule has 8 nitrogen and oxygen atoms in total. The molecule has 37 heavy (non-hydrogen) atoms. The molecular weight excluding hydrogens is 495 g/mol. The van der Waals surface area contributed by atoms with Crippen LogP contribution in [-0.2, 0) is 11.2 Å². The first-order valence-corrected chi connectivity index (χ1v) is 13.0. The highest BCUT2D eigenvalue weighted by Crippen LogP contribution is 2.36. The van der Waals surface area contributed by atoms with E-state index in [9.17, 15) is 4.79 Å². The Hall–Kier alpha value is -3.14. The zero-order valence-electron chi connectivity index (χ0n) is 20.8. The van der Waals surface area contributed by atoms with Gasteiger partial charge in [0.2, 0.25) is 0 Å². The van der Waals surface area contributed by atoms with Crippen LogP contribution in [0.5, 0.6) is 0 Å². The summed E-state index contributed by atoms with van der Waals surface area (Å²) >= 11 is 6.56. The number of nitrogens with two attached hydrogens (primary N) is 1. The van der Waals surface area contributed by atoms with Gasteiger partial charge >= 0.3 is 0 Å². The number of pyridine rings is 1. The first-order chi connectivity index (χ1) is 18.0. The van der Waals surface area contributed by atoms with Gasteiger partial charge in [0, 0.05) is 55.1 Å². The Kier molecular flexibility index (Phi) is 7.64. The lowest BCUT2D eigenvalue weighted by Crippen LogP contribution is -2.50. The van der Waals surface area contributed by atoms with Gasteiger partial charge in [-0.05, 0) is 43.5 Å². The minimum absolute atomic E-state index is 0.0633. The smallest absolute Gasteiger partial charge is 0.258 e. The number of piperidine rings is 1. The van der Waals surface area contributed by atoms with Crippen molar-refractivity contribution in [1.29, 1.82) is 0 Å². The van der Waals surface area contributed by atoms with Gasteiger partial charge in [-0.3, -0.25) is 9.69 Å². The van der Waals surface area contributed by atoms with E-state index in [1.165, 1.54) is 12.4 Å². The monoisotopic (exact) mass is 524 g/mol. The molecule has 5 rings (SSSR count). The van der Waals surface area contributed by atoms with E-state index >= 15 is 4.39 Å². The average Bonchev–Trinajstić information content (AvgIpc) is 2.93. The number of benzene rings is 1. The predicted molar refractivity (Wildman–Crippen MR) is 141 cm³/mol. The van der Waals surface area contributed by atoms with Crippen molar-refractivity contribution in [3.8, 4) is 22.4 Å². The summed E-state index contributed by atoms with van der Waals surface area (Å²) in [6, 6.07) is 6.88. The van der Waals surface area contributed by atoms with Crippen LogP contribution in [0.2, 0.25) is 5.02 Å². The quantitative estimate of drug-likeness (QED) is 0.537. The normalized spacial score (nSPS) is 17.2. The molecule has 0 radical (unpaired) electrons. The zero-order valence-corrected chi connectivity index (χ0v) is 21.5. The van der Waals surface area contributed by atoms with Gasteiger partial charge in [-0.15, -0.1) is 0 Å². The molecule has 2 fully saturated rings. The second-order valence-electron chi connectivity index (χ2n) is 9.36. The van der Waals surface area contributed by atoms with Crippen molar-refractivity contribution in [1.82, 2.24) is 24.8 Å². The number of hydrogen-bond donors (Lipinski definition) is 1. The van der Waals surface area contributed by atoms with Crippen molar-refractivity contribution in [3.63, 3.8) is 0 Å². The molecular formula is C27H30ClFN6O2. The number of aryl methyl sites for hydroxylation is 1. The lowest BCUT2D eigenvalue weighted by atomic mass is 9.96. The molecule has 10 heteroatoms. The molecule has 1 aromatic carbocycles. The van der Waals surface area contributed by atoms with Crippen LogP contribution in [0.1, 0.15) is 35.8 Å². The Morgan fingerprint density at radius 3 is 2.51 bits per heavy atom. The van der Waals surface area contributed by atoms with E-state index in [-0.39, 0.29) is 16.5 Å². The number of nitrogen functional groups attached to an aromatic ring is 1. The fourth-order valence-electron chi connectivity index (χ4n) is 5.21. The van der Waals surface area contributed by atoms with Gasteiger partial charge < -0.3 is 15.4 Å². The van der Waals surface area contributed by atoms with Gasteiger partial charge in [-0.1, -0.05) is 18.5 Å². The highest BCUT2D eigenvalue weighted by atomic mass is 35.5. The van der Waals surface area contributed by atoms with Gasteiger partial charge in [-0.2, -0.15) is 0 Å². The molecule has 0 bridgehead atoms. The summed E-state index contributed by atoms with van der Waals surface area (Å²) in [5, 5.41) is 0.0633. The molecule has 2 aromatic heterocycles. The molecule has 2 N–H and O–H groups in total. The summed E-state index contributed by atoms with van der Waals surface area (Å²) in [5.74, 6) is -0.652. The van der Waals surface area contributed by atoms with Crippen LogP contribution in [-0.4, -0.2) is 76.1 Å². The zero-order chi connectivity index (χ0) is 25.9. The first-order valence-electron chi connectivity index (χ1n) is 12.6. The number of morpholine rings is 1. The Morgan fingerprint density at radius 1 is 1.11 bits per heavy atom. The van der Waals surface area contributed by atoms with Crippen molar-refractivity contribution in [2.75, 3.05) is 45.1 Å². The van der Waals surface area contributed by atoms with E-state index in [1.54, 1.807) is 23.2 Å². The van der Waals surface area contributed by atoms with Crippen LogP contribution in [0, 0.1) is 5.82 Å². The highest BCUT2D eigenvalue weighted by Gasteiger charge is 2.30. The van der Waals surface area contributed by atoms with Gasteiger partial charge in [0.1, 0.15) is 18.0 Å². The third-order valence-corrected chi connectivity index (χ3v) is 7.48. The van der Waals surface area contributed by atoms with Crippen LogP contribution >= 0.6 is 11.6 Å². The van der Waals surface area contributed by atoms with Crippen LogP contribution < -0.4 is 5.73 Å². The molecule has 0 atom stereocenters. The number of carbonyl (C=O) groups excluding carboxylic acids is 1. The third-order valence-electron chi connectivity index (χ3n) is 7.18. The lowest BCUT2D eigenvalue weighted by molar-refractivity contribution is 0.00154. The van der Waals surface area contributed by atoms with Crippen molar-refractivity contribution in [2.24, 2.45) is 0 Å². The predicted octanol–water partition coefficient (Wildman–Crippen LogP) is 4.08. The van der Waals surface area contributed by atoms with Gasteiger partial charge in [-0.25, -0.2) is 19.3 Å². The number of nitrogens with zero attached hydrogens (tertiary/aromatic N) is 5. The standard InChI is InChI=1S/C27H30ClFN6O2/c1-2-22-24(17-3-4-23(30)31-15-17)26(33-16-32-22)18-13-20(28)25(21(29)14-18)27(36)35-7-5-19(6-8-35)34-9-11-37-12-10-34/h3-4,13-16,19H,2,5-12H2,1H3,(H2,30,31). The number of amides is 1. The molecule has 0 aliphatic carbocycles. The van der Waals surface area contributed by atoms with Gasteiger partial charge in [0.15, 0.2) is 0 Å². The van der Waals surface area contributed by atoms with Crippen molar-refractivity contribution < 1.29 is 13.9 Å². The molecule has 2 saturated heterocycles. The summed E-state index contributed by atoms with van der Waals surface area (Å²) in [4.78, 5) is 30.5. The number of likely N-dealkylation sites (tertiary alicyclic amines) is 1. The minimum atomic E-state index is -0.666. The van der Waals surface area contributed by atoms with Crippen LogP contribution in [0.4, 0.5) is 10.2 Å². The SMILES string of the molecule is CCc1ncnc(-c2cc(F)c(C(=O)N3CCC(N4CCOCC4)CC3)c(Cl)c2)c1-c1ccc(N)nc1. The molecule has 194 valence electrons. The average molecular weight is 525 g/mol. The fraction of sp³-hybridized carbons (Fsp3) is 0.407. The van der Waals surface area contributed by atoms with Crippen molar-refractivity contribution in [3.05, 3.63) is 58.9 Å². The summed E-state index contributed by atoms with van der Waals surface area (Å²) < 4.78 is 21.0. The van der Waals surface area contributed by atoms with E-state index in [0.29, 0.717) is 42.6 Å². The fourth-order valence-corrected chi connectivity index (χ4v) is 5.50. The van der Waals surface area contributed by atoms with Gasteiger partial charge in [0.05, 0.1) is 35.2 Å². The molecule has 0 spiro atoms. The number of anilines is 1. The first kappa shape index (κ1) is 25.5. The topological polar surface area (TPSA) is 97.5 Å². The molecule has 3 aromatic rings. The van der Waals surface area contributed by atoms with E-state index in [2.05, 4.69) is 19.9 Å². The Balaban J connectivity index is 1.41. The lowest BCUT2D eigenvalue weighted by Gasteiger charge is -2.40. The van der Waals surface area contributed by atoms with E-state index < -0.39 is 5.82 Å². The van der Waals surface area contributed by atoms with Crippen molar-refractivity contribution >= 4 is 23.3 Å². The second-order valence-corrected chi connectivity index (χ2v) is 9.76. The maximum atomic E-state index is 15.5. The van der Waals surface area contributed by atoms with Crippen LogP contribution in [0.15, 0.2) is 36.8 Å². The van der Waals surface area contributed by atoms with E-state index in [1.807, 2.05) is 13.0 Å². The summed E-state index contributed by atoms with van der Waals surface area (Å²) in [6.07, 6.45) is 5.44. The Bertz CT molecular complexity index is 1250. The molecule has 2 aliphatic rings. The molecule has 0 saturated carbocycles. The van der Waals surface area contributed by atoms with Crippen LogP contribution in [0.3, 0.4) is 0 Å². The largest absolute Gasteiger partial charge is 0.384 e. The minimum Gasteiger partial charge on any atom is -0.384 e. The maximum Gasteiger partial charge on any atom is 0.258 e. The third kappa shape index (κ3) is 5.30. The van der Waals surface area contributed by atoms with Gasteiger partial charge in [0.25, 0.3) is 5.91 Å². The van der Waals surface area contributed by atoms with Crippen molar-refractivity contribution in [2.45, 2.75) is 32.2 Å². The van der Waals surface area contributed by atoms with E-state index in [0.717, 1.165) is 56.0 Å². The Labute approximate surface area is 220 Å². The maximum absolute atomic E-state index is 15.5. The highest BCUT2D eigenvalue weighted by molar-refractivity contribution is 6.34. The van der Waals surface area contributed by atoms with Crippen LogP contribution in [0.25, 0.3) is 22.4 Å². The molecule has 4 heterocycles.